The van der Waals surface area contributed by atoms with Crippen molar-refractivity contribution in [1.29, 1.82) is 0 Å². The smallest absolute Gasteiger partial charge is 0.308 e. The summed E-state index contributed by atoms with van der Waals surface area (Å²) in [6.07, 6.45) is 0. The van der Waals surface area contributed by atoms with E-state index in [-0.39, 0.29) is 18.4 Å². The highest BCUT2D eigenvalue weighted by molar-refractivity contribution is 8.00. The molecule has 1 fully saturated rings. The van der Waals surface area contributed by atoms with Crippen molar-refractivity contribution in [3.8, 4) is 5.75 Å². The molecule has 6 heteroatoms. The number of carboxylic acids is 1. The van der Waals surface area contributed by atoms with Crippen molar-refractivity contribution in [1.82, 2.24) is 4.90 Å². The van der Waals surface area contributed by atoms with Gasteiger partial charge in [-0.15, -0.1) is 11.8 Å². The predicted molar refractivity (Wildman–Crippen MR) is 105 cm³/mol. The molecule has 0 unspecified atom stereocenters. The Morgan fingerprint density at radius 1 is 1.11 bits per heavy atom. The number of aliphatic carboxylic acids is 1. The predicted octanol–water partition coefficient (Wildman–Crippen LogP) is 3.50. The Labute approximate surface area is 163 Å². The Hall–Kier alpha value is -2.47. The number of nitrogens with zero attached hydrogens (tertiary/aromatic N) is 1. The van der Waals surface area contributed by atoms with Gasteiger partial charge in [0.1, 0.15) is 5.75 Å². The van der Waals surface area contributed by atoms with Gasteiger partial charge in [0.05, 0.1) is 18.3 Å². The zero-order valence-electron chi connectivity index (χ0n) is 15.2. The third kappa shape index (κ3) is 4.83. The second-order valence-corrected chi connectivity index (χ2v) is 7.50. The van der Waals surface area contributed by atoms with Crippen molar-refractivity contribution in [2.45, 2.75) is 17.7 Å². The van der Waals surface area contributed by atoms with Gasteiger partial charge in [-0.2, -0.15) is 0 Å². The van der Waals surface area contributed by atoms with E-state index >= 15 is 0 Å². The first-order valence-electron chi connectivity index (χ1n) is 8.99. The second-order valence-electron chi connectivity index (χ2n) is 6.45. The number of amides is 1. The lowest BCUT2D eigenvalue weighted by Gasteiger charge is -2.16. The van der Waals surface area contributed by atoms with Crippen LogP contribution in [0, 0.1) is 5.92 Å². The minimum atomic E-state index is -0.849. The number of carbonyl (C=O) groups excluding carboxylic acids is 1. The van der Waals surface area contributed by atoms with Crippen molar-refractivity contribution in [3.05, 3.63) is 60.2 Å². The summed E-state index contributed by atoms with van der Waals surface area (Å²) in [7, 11) is 0. The molecule has 1 N–H and O–H groups in total. The van der Waals surface area contributed by atoms with Gasteiger partial charge in [-0.3, -0.25) is 9.59 Å². The SMILES string of the molecule is CCOc1ccc(SCC(=O)N2C[C@H](C(=O)O)[C@H](c3ccccc3)C2)cc1. The lowest BCUT2D eigenvalue weighted by Crippen LogP contribution is -2.31. The normalized spacial score (nSPS) is 19.1. The fraction of sp³-hybridized carbons (Fsp3) is 0.333. The van der Waals surface area contributed by atoms with Crippen LogP contribution in [-0.4, -0.2) is 47.3 Å². The van der Waals surface area contributed by atoms with E-state index in [4.69, 9.17) is 4.74 Å². The molecule has 1 heterocycles. The first-order valence-corrected chi connectivity index (χ1v) is 9.98. The number of hydrogen-bond acceptors (Lipinski definition) is 4. The van der Waals surface area contributed by atoms with E-state index in [0.717, 1.165) is 16.2 Å². The van der Waals surface area contributed by atoms with Gasteiger partial charge in [-0.25, -0.2) is 0 Å². The first-order chi connectivity index (χ1) is 13.1. The Morgan fingerprint density at radius 3 is 2.44 bits per heavy atom. The van der Waals surface area contributed by atoms with Gasteiger partial charge in [-0.1, -0.05) is 30.3 Å². The molecule has 5 nitrogen and oxygen atoms in total. The Balaban J connectivity index is 1.60. The maximum absolute atomic E-state index is 12.6. The summed E-state index contributed by atoms with van der Waals surface area (Å²) in [4.78, 5) is 26.9. The molecule has 1 amide bonds. The monoisotopic (exact) mass is 385 g/mol. The summed E-state index contributed by atoms with van der Waals surface area (Å²) in [6.45, 7) is 3.26. The molecule has 0 aromatic heterocycles. The molecule has 2 aromatic carbocycles. The number of ether oxygens (including phenoxy) is 1. The fourth-order valence-corrected chi connectivity index (χ4v) is 4.13. The molecule has 1 aliphatic rings. The lowest BCUT2D eigenvalue weighted by atomic mass is 9.89. The zero-order valence-corrected chi connectivity index (χ0v) is 16.0. The highest BCUT2D eigenvalue weighted by Gasteiger charge is 2.40. The highest BCUT2D eigenvalue weighted by atomic mass is 32.2. The average Bonchev–Trinajstić information content (AvgIpc) is 3.14. The number of thioether (sulfide) groups is 1. The van der Waals surface area contributed by atoms with Crippen LogP contribution in [0.15, 0.2) is 59.5 Å². The van der Waals surface area contributed by atoms with E-state index in [1.54, 1.807) is 4.90 Å². The Morgan fingerprint density at radius 2 is 1.81 bits per heavy atom. The van der Waals surface area contributed by atoms with Crippen LogP contribution in [0.2, 0.25) is 0 Å². The second kappa shape index (κ2) is 8.95. The van der Waals surface area contributed by atoms with Gasteiger partial charge in [0.25, 0.3) is 0 Å². The first kappa shape index (κ1) is 19.3. The minimum Gasteiger partial charge on any atom is -0.494 e. The largest absolute Gasteiger partial charge is 0.494 e. The summed E-state index contributed by atoms with van der Waals surface area (Å²) >= 11 is 1.45. The van der Waals surface area contributed by atoms with Crippen LogP contribution >= 0.6 is 11.8 Å². The average molecular weight is 385 g/mol. The van der Waals surface area contributed by atoms with E-state index in [0.29, 0.717) is 18.9 Å². The van der Waals surface area contributed by atoms with Crippen LogP contribution in [-0.2, 0) is 9.59 Å². The molecule has 142 valence electrons. The highest BCUT2D eigenvalue weighted by Crippen LogP contribution is 2.33. The third-order valence-corrected chi connectivity index (χ3v) is 5.71. The number of carbonyl (C=O) groups is 2. The molecule has 27 heavy (non-hydrogen) atoms. The molecule has 0 spiro atoms. The number of likely N-dealkylation sites (tertiary alicyclic amines) is 1. The van der Waals surface area contributed by atoms with Crippen LogP contribution in [0.1, 0.15) is 18.4 Å². The number of carboxylic acid groups (broad SMARTS) is 1. The maximum atomic E-state index is 12.6. The summed E-state index contributed by atoms with van der Waals surface area (Å²) in [5, 5.41) is 9.57. The van der Waals surface area contributed by atoms with Crippen molar-refractivity contribution >= 4 is 23.6 Å². The quantitative estimate of drug-likeness (QED) is 0.739. The molecular weight excluding hydrogens is 362 g/mol. The molecule has 1 aliphatic heterocycles. The lowest BCUT2D eigenvalue weighted by molar-refractivity contribution is -0.141. The number of rotatable bonds is 7. The standard InChI is InChI=1S/C21H23NO4S/c1-2-26-16-8-10-17(11-9-16)27-14-20(23)22-12-18(19(13-22)21(24)25)15-6-4-3-5-7-15/h3-11,18-19H,2,12-14H2,1H3,(H,24,25)/t18-,19-/m0/s1. The van der Waals surface area contributed by atoms with Crippen LogP contribution in [0.4, 0.5) is 0 Å². The molecule has 2 atom stereocenters. The molecule has 2 aromatic rings. The van der Waals surface area contributed by atoms with Crippen LogP contribution in [0.3, 0.4) is 0 Å². The molecular formula is C21H23NO4S. The molecule has 0 saturated carbocycles. The van der Waals surface area contributed by atoms with Crippen LogP contribution < -0.4 is 4.74 Å². The topological polar surface area (TPSA) is 66.8 Å². The van der Waals surface area contributed by atoms with Gasteiger partial charge < -0.3 is 14.7 Å². The summed E-state index contributed by atoms with van der Waals surface area (Å²) in [5.41, 5.74) is 0.972. The molecule has 0 aliphatic carbocycles. The van der Waals surface area contributed by atoms with E-state index in [9.17, 15) is 14.7 Å². The number of hydrogen-bond donors (Lipinski definition) is 1. The third-order valence-electron chi connectivity index (χ3n) is 4.71. The Bertz CT molecular complexity index is 779. The fourth-order valence-electron chi connectivity index (χ4n) is 3.33. The van der Waals surface area contributed by atoms with Crippen molar-refractivity contribution in [2.24, 2.45) is 5.92 Å². The number of benzene rings is 2. The van der Waals surface area contributed by atoms with E-state index < -0.39 is 11.9 Å². The van der Waals surface area contributed by atoms with E-state index in [2.05, 4.69) is 0 Å². The van der Waals surface area contributed by atoms with Crippen molar-refractivity contribution in [2.75, 3.05) is 25.4 Å². The van der Waals surface area contributed by atoms with Crippen LogP contribution in [0.5, 0.6) is 5.75 Å². The molecule has 0 radical (unpaired) electrons. The van der Waals surface area contributed by atoms with Gasteiger partial charge in [0.15, 0.2) is 0 Å². The summed E-state index contributed by atoms with van der Waals surface area (Å²) in [6, 6.07) is 17.2. The zero-order chi connectivity index (χ0) is 19.2. The molecule has 1 saturated heterocycles. The summed E-state index contributed by atoms with van der Waals surface area (Å²) < 4.78 is 5.42. The molecule has 0 bridgehead atoms. The van der Waals surface area contributed by atoms with Gasteiger partial charge >= 0.3 is 5.97 Å². The van der Waals surface area contributed by atoms with Gasteiger partial charge in [0.2, 0.25) is 5.91 Å². The van der Waals surface area contributed by atoms with Gasteiger partial charge in [-0.05, 0) is 36.8 Å². The Kier molecular flexibility index (Phi) is 6.40. The minimum absolute atomic E-state index is 0.0291. The van der Waals surface area contributed by atoms with E-state index in [1.807, 2.05) is 61.5 Å². The summed E-state index contributed by atoms with van der Waals surface area (Å²) in [5.74, 6) is -0.503. The molecule has 3 rings (SSSR count). The van der Waals surface area contributed by atoms with Gasteiger partial charge in [0, 0.05) is 23.9 Å². The van der Waals surface area contributed by atoms with Crippen molar-refractivity contribution < 1.29 is 19.4 Å². The van der Waals surface area contributed by atoms with E-state index in [1.165, 1.54) is 11.8 Å². The van der Waals surface area contributed by atoms with Crippen LogP contribution in [0.25, 0.3) is 0 Å². The van der Waals surface area contributed by atoms with Crippen molar-refractivity contribution in [3.63, 3.8) is 0 Å². The maximum Gasteiger partial charge on any atom is 0.308 e.